The summed E-state index contributed by atoms with van der Waals surface area (Å²) in [7, 11) is 0. The van der Waals surface area contributed by atoms with E-state index in [1.54, 1.807) is 11.8 Å². The topological polar surface area (TPSA) is 109 Å². The Morgan fingerprint density at radius 2 is 2.29 bits per heavy atom. The number of carbonyl (C=O) groups is 2. The number of nitrogens with zero attached hydrogens (tertiary/aromatic N) is 3. The molecule has 8 nitrogen and oxygen atoms in total. The summed E-state index contributed by atoms with van der Waals surface area (Å²) in [5, 5.41) is 15.8. The molecule has 1 unspecified atom stereocenters. The summed E-state index contributed by atoms with van der Waals surface area (Å²) in [4.78, 5) is 29.2. The molecule has 2 amide bonds. The third-order valence-corrected chi connectivity index (χ3v) is 3.96. The van der Waals surface area contributed by atoms with Gasteiger partial charge in [-0.25, -0.2) is 4.79 Å². The number of carbonyl (C=O) groups excluding carboxylic acids is 1. The standard InChI is InChI=1S/C13H20N4O4/c1-3-13(11(18)19)5-4-6-17(8-13)12(20)14-7-10-15-9(2)21-16-10/h3-8H2,1-2H3,(H,14,20)(H,18,19). The van der Waals surface area contributed by atoms with Gasteiger partial charge in [0.25, 0.3) is 0 Å². The molecule has 1 fully saturated rings. The van der Waals surface area contributed by atoms with Crippen molar-refractivity contribution < 1.29 is 19.2 Å². The van der Waals surface area contributed by atoms with Crippen molar-refractivity contribution in [1.29, 1.82) is 0 Å². The molecular weight excluding hydrogens is 276 g/mol. The van der Waals surface area contributed by atoms with Gasteiger partial charge in [-0.05, 0) is 19.3 Å². The second-order valence-corrected chi connectivity index (χ2v) is 5.35. The van der Waals surface area contributed by atoms with E-state index in [2.05, 4.69) is 15.5 Å². The Kier molecular flexibility index (Phi) is 4.44. The van der Waals surface area contributed by atoms with Crippen LogP contribution in [0.3, 0.4) is 0 Å². The maximum absolute atomic E-state index is 12.1. The second kappa shape index (κ2) is 6.11. The molecule has 1 saturated heterocycles. The zero-order valence-corrected chi connectivity index (χ0v) is 12.3. The molecule has 1 aromatic heterocycles. The smallest absolute Gasteiger partial charge is 0.317 e. The lowest BCUT2D eigenvalue weighted by molar-refractivity contribution is -0.152. The van der Waals surface area contributed by atoms with Crippen molar-refractivity contribution in [2.45, 2.75) is 39.7 Å². The van der Waals surface area contributed by atoms with E-state index in [0.29, 0.717) is 37.5 Å². The number of urea groups is 1. The van der Waals surface area contributed by atoms with E-state index in [-0.39, 0.29) is 19.1 Å². The van der Waals surface area contributed by atoms with Gasteiger partial charge in [-0.15, -0.1) is 0 Å². The van der Waals surface area contributed by atoms with Crippen LogP contribution in [0.2, 0.25) is 0 Å². The lowest BCUT2D eigenvalue weighted by Crippen LogP contribution is -2.52. The molecule has 1 atom stereocenters. The van der Waals surface area contributed by atoms with Gasteiger partial charge in [-0.2, -0.15) is 4.98 Å². The Morgan fingerprint density at radius 1 is 1.52 bits per heavy atom. The lowest BCUT2D eigenvalue weighted by atomic mass is 9.78. The average molecular weight is 296 g/mol. The fourth-order valence-corrected chi connectivity index (χ4v) is 2.60. The first kappa shape index (κ1) is 15.3. The van der Waals surface area contributed by atoms with Gasteiger partial charge in [0, 0.05) is 20.0 Å². The molecule has 1 aliphatic rings. The Balaban J connectivity index is 1.94. The molecule has 0 spiro atoms. The van der Waals surface area contributed by atoms with Crippen LogP contribution in [0.25, 0.3) is 0 Å². The van der Waals surface area contributed by atoms with Crippen LogP contribution in [0.5, 0.6) is 0 Å². The summed E-state index contributed by atoms with van der Waals surface area (Å²) in [6.07, 6.45) is 1.80. The number of aliphatic carboxylic acids is 1. The van der Waals surface area contributed by atoms with Crippen LogP contribution in [0.4, 0.5) is 4.79 Å². The van der Waals surface area contributed by atoms with Crippen molar-refractivity contribution in [3.05, 3.63) is 11.7 Å². The normalized spacial score (nSPS) is 22.1. The Morgan fingerprint density at radius 3 is 2.86 bits per heavy atom. The highest BCUT2D eigenvalue weighted by molar-refractivity contribution is 5.78. The van der Waals surface area contributed by atoms with E-state index in [1.807, 2.05) is 6.92 Å². The molecule has 1 aromatic rings. The molecule has 2 N–H and O–H groups in total. The summed E-state index contributed by atoms with van der Waals surface area (Å²) >= 11 is 0. The van der Waals surface area contributed by atoms with Gasteiger partial charge >= 0.3 is 12.0 Å². The van der Waals surface area contributed by atoms with Crippen molar-refractivity contribution in [2.75, 3.05) is 13.1 Å². The minimum Gasteiger partial charge on any atom is -0.481 e. The fraction of sp³-hybridized carbons (Fsp3) is 0.692. The van der Waals surface area contributed by atoms with Gasteiger partial charge in [0.15, 0.2) is 5.82 Å². The van der Waals surface area contributed by atoms with Crippen molar-refractivity contribution in [1.82, 2.24) is 20.4 Å². The third kappa shape index (κ3) is 3.32. The molecular formula is C13H20N4O4. The molecule has 0 saturated carbocycles. The van der Waals surface area contributed by atoms with Gasteiger partial charge in [-0.1, -0.05) is 12.1 Å². The number of rotatable bonds is 4. The molecule has 2 rings (SSSR count). The van der Waals surface area contributed by atoms with Gasteiger partial charge < -0.3 is 19.8 Å². The van der Waals surface area contributed by atoms with E-state index < -0.39 is 11.4 Å². The molecule has 0 radical (unpaired) electrons. The van der Waals surface area contributed by atoms with E-state index in [4.69, 9.17) is 4.52 Å². The molecule has 1 aliphatic heterocycles. The number of hydrogen-bond donors (Lipinski definition) is 2. The van der Waals surface area contributed by atoms with Gasteiger partial charge in [0.1, 0.15) is 0 Å². The van der Waals surface area contributed by atoms with Crippen LogP contribution >= 0.6 is 0 Å². The maximum Gasteiger partial charge on any atom is 0.317 e. The predicted octanol–water partition coefficient (Wildman–Crippen LogP) is 1.16. The lowest BCUT2D eigenvalue weighted by Gasteiger charge is -2.39. The quantitative estimate of drug-likeness (QED) is 0.863. The number of aromatic nitrogens is 2. The number of nitrogens with one attached hydrogen (secondary N) is 1. The van der Waals surface area contributed by atoms with Crippen molar-refractivity contribution in [2.24, 2.45) is 5.41 Å². The highest BCUT2D eigenvalue weighted by Gasteiger charge is 2.42. The van der Waals surface area contributed by atoms with Gasteiger partial charge in [-0.3, -0.25) is 4.79 Å². The molecule has 0 aromatic carbocycles. The van der Waals surface area contributed by atoms with Crippen LogP contribution in [-0.2, 0) is 11.3 Å². The zero-order chi connectivity index (χ0) is 15.5. The second-order valence-electron chi connectivity index (χ2n) is 5.35. The summed E-state index contributed by atoms with van der Waals surface area (Å²) in [6, 6.07) is -0.295. The maximum atomic E-state index is 12.1. The summed E-state index contributed by atoms with van der Waals surface area (Å²) in [5.41, 5.74) is -0.835. The van der Waals surface area contributed by atoms with Crippen LogP contribution in [0.1, 0.15) is 37.9 Å². The summed E-state index contributed by atoms with van der Waals surface area (Å²) in [6.45, 7) is 4.48. The monoisotopic (exact) mass is 296 g/mol. The van der Waals surface area contributed by atoms with Crippen LogP contribution in [-0.4, -0.2) is 45.2 Å². The summed E-state index contributed by atoms with van der Waals surface area (Å²) in [5.74, 6) is 0.00207. The SMILES string of the molecule is CCC1(C(=O)O)CCCN(C(=O)NCc2noc(C)n2)C1. The number of piperidine rings is 1. The first-order valence-corrected chi connectivity index (χ1v) is 7.02. The Bertz CT molecular complexity index is 530. The Labute approximate surface area is 122 Å². The molecule has 116 valence electrons. The highest BCUT2D eigenvalue weighted by Crippen LogP contribution is 2.33. The van der Waals surface area contributed by atoms with Gasteiger partial charge in [0.2, 0.25) is 5.89 Å². The first-order chi connectivity index (χ1) is 9.97. The van der Waals surface area contributed by atoms with Crippen LogP contribution in [0, 0.1) is 12.3 Å². The number of hydrogen-bond acceptors (Lipinski definition) is 5. The van der Waals surface area contributed by atoms with Crippen LogP contribution in [0.15, 0.2) is 4.52 Å². The highest BCUT2D eigenvalue weighted by atomic mass is 16.5. The van der Waals surface area contributed by atoms with Crippen molar-refractivity contribution in [3.8, 4) is 0 Å². The molecule has 2 heterocycles. The molecule has 0 aliphatic carbocycles. The van der Waals surface area contributed by atoms with Crippen LogP contribution < -0.4 is 5.32 Å². The van der Waals surface area contributed by atoms with Crippen molar-refractivity contribution >= 4 is 12.0 Å². The first-order valence-electron chi connectivity index (χ1n) is 7.02. The predicted molar refractivity (Wildman–Crippen MR) is 72.4 cm³/mol. The van der Waals surface area contributed by atoms with E-state index in [0.717, 1.165) is 0 Å². The van der Waals surface area contributed by atoms with E-state index >= 15 is 0 Å². The molecule has 21 heavy (non-hydrogen) atoms. The van der Waals surface area contributed by atoms with E-state index in [9.17, 15) is 14.7 Å². The molecule has 8 heteroatoms. The zero-order valence-electron chi connectivity index (χ0n) is 12.3. The van der Waals surface area contributed by atoms with Gasteiger partial charge in [0.05, 0.1) is 12.0 Å². The number of carboxylic acid groups (broad SMARTS) is 1. The fourth-order valence-electron chi connectivity index (χ4n) is 2.60. The number of likely N-dealkylation sites (tertiary alicyclic amines) is 1. The van der Waals surface area contributed by atoms with E-state index in [1.165, 1.54) is 0 Å². The molecule has 0 bridgehead atoms. The minimum absolute atomic E-state index is 0.166. The number of amides is 2. The number of carboxylic acids is 1. The largest absolute Gasteiger partial charge is 0.481 e. The third-order valence-electron chi connectivity index (χ3n) is 3.96. The Hall–Kier alpha value is -2.12. The van der Waals surface area contributed by atoms with Crippen molar-refractivity contribution in [3.63, 3.8) is 0 Å². The number of aryl methyl sites for hydroxylation is 1. The average Bonchev–Trinajstić information content (AvgIpc) is 2.90. The summed E-state index contributed by atoms with van der Waals surface area (Å²) < 4.78 is 4.82. The minimum atomic E-state index is -0.837.